The van der Waals surface area contributed by atoms with Crippen LogP contribution in [-0.2, 0) is 13.2 Å². The fraction of sp³-hybridized carbons (Fsp3) is 0.250. The van der Waals surface area contributed by atoms with Crippen molar-refractivity contribution in [3.8, 4) is 5.75 Å². The van der Waals surface area contributed by atoms with Gasteiger partial charge in [-0.3, -0.25) is 0 Å². The van der Waals surface area contributed by atoms with E-state index < -0.39 is 0 Å². The lowest BCUT2D eigenvalue weighted by Gasteiger charge is -2.10. The van der Waals surface area contributed by atoms with E-state index in [4.69, 9.17) is 10.5 Å². The highest BCUT2D eigenvalue weighted by Gasteiger charge is 2.03. The first-order valence-corrected chi connectivity index (χ1v) is 7.06. The Bertz CT molecular complexity index is 561. The number of hydrogen-bond acceptors (Lipinski definition) is 2. The third-order valence-corrected chi connectivity index (χ3v) is 3.68. The molecule has 2 aromatic carbocycles. The summed E-state index contributed by atoms with van der Waals surface area (Å²) < 4.78 is 6.89. The van der Waals surface area contributed by atoms with E-state index in [9.17, 15) is 0 Å². The van der Waals surface area contributed by atoms with Crippen LogP contribution in [0.1, 0.15) is 22.3 Å². The van der Waals surface area contributed by atoms with E-state index >= 15 is 0 Å². The second-order valence-electron chi connectivity index (χ2n) is 4.74. The summed E-state index contributed by atoms with van der Waals surface area (Å²) in [6, 6.07) is 12.4. The van der Waals surface area contributed by atoms with Crippen molar-refractivity contribution in [3.05, 3.63) is 63.1 Å². The zero-order valence-corrected chi connectivity index (χ0v) is 12.8. The van der Waals surface area contributed by atoms with Gasteiger partial charge in [-0.25, -0.2) is 0 Å². The van der Waals surface area contributed by atoms with Crippen LogP contribution in [0.5, 0.6) is 5.75 Å². The van der Waals surface area contributed by atoms with Crippen LogP contribution in [0.25, 0.3) is 0 Å². The van der Waals surface area contributed by atoms with E-state index in [1.54, 1.807) is 0 Å². The summed E-state index contributed by atoms with van der Waals surface area (Å²) in [5.74, 6) is 0.910. The molecule has 0 radical (unpaired) electrons. The molecule has 2 rings (SSSR count). The summed E-state index contributed by atoms with van der Waals surface area (Å²) in [7, 11) is 0. The van der Waals surface area contributed by atoms with Crippen molar-refractivity contribution in [3.63, 3.8) is 0 Å². The summed E-state index contributed by atoms with van der Waals surface area (Å²) in [5.41, 5.74) is 10.3. The Kier molecular flexibility index (Phi) is 4.61. The van der Waals surface area contributed by atoms with Crippen LogP contribution in [0.3, 0.4) is 0 Å². The molecule has 0 fully saturated rings. The molecule has 0 amide bonds. The predicted octanol–water partition coefficient (Wildman–Crippen LogP) is 4.10. The van der Waals surface area contributed by atoms with Gasteiger partial charge in [-0.05, 0) is 48.7 Å². The molecule has 0 saturated carbocycles. The molecule has 0 aromatic heterocycles. The molecule has 2 aromatic rings. The first-order chi connectivity index (χ1) is 9.08. The molecule has 0 bridgehead atoms. The Morgan fingerprint density at radius 2 is 1.74 bits per heavy atom. The molecular formula is C16H18BrNO. The van der Waals surface area contributed by atoms with Gasteiger partial charge in [0.1, 0.15) is 12.4 Å². The van der Waals surface area contributed by atoms with E-state index in [0.29, 0.717) is 13.2 Å². The van der Waals surface area contributed by atoms with Crippen molar-refractivity contribution >= 4 is 15.9 Å². The quantitative estimate of drug-likeness (QED) is 0.920. The van der Waals surface area contributed by atoms with E-state index in [-0.39, 0.29) is 0 Å². The van der Waals surface area contributed by atoms with Crippen molar-refractivity contribution in [2.75, 3.05) is 0 Å². The number of halogens is 1. The standard InChI is InChI=1S/C16H18BrNO/c1-11-5-12(2)7-15(6-11)19-10-14-4-3-13(9-18)8-16(14)17/h3-8H,9-10,18H2,1-2H3. The van der Waals surface area contributed by atoms with Crippen molar-refractivity contribution in [1.29, 1.82) is 0 Å². The maximum absolute atomic E-state index is 5.85. The molecule has 0 aliphatic heterocycles. The van der Waals surface area contributed by atoms with Gasteiger partial charge in [0.05, 0.1) is 0 Å². The van der Waals surface area contributed by atoms with Crippen molar-refractivity contribution in [1.82, 2.24) is 0 Å². The SMILES string of the molecule is Cc1cc(C)cc(OCc2ccc(CN)cc2Br)c1. The molecule has 0 atom stereocenters. The van der Waals surface area contributed by atoms with Crippen molar-refractivity contribution in [2.45, 2.75) is 27.0 Å². The molecule has 0 saturated heterocycles. The minimum atomic E-state index is 0.550. The molecule has 0 heterocycles. The summed E-state index contributed by atoms with van der Waals surface area (Å²) in [6.07, 6.45) is 0. The van der Waals surface area contributed by atoms with Crippen LogP contribution in [0.2, 0.25) is 0 Å². The number of aryl methyl sites for hydroxylation is 2. The summed E-state index contributed by atoms with van der Waals surface area (Å²) >= 11 is 3.55. The fourth-order valence-corrected chi connectivity index (χ4v) is 2.55. The molecule has 0 spiro atoms. The van der Waals surface area contributed by atoms with Crippen LogP contribution in [0, 0.1) is 13.8 Å². The van der Waals surface area contributed by atoms with E-state index in [1.807, 2.05) is 12.1 Å². The highest BCUT2D eigenvalue weighted by Crippen LogP contribution is 2.22. The first-order valence-electron chi connectivity index (χ1n) is 6.27. The number of nitrogens with two attached hydrogens (primary N) is 1. The highest BCUT2D eigenvalue weighted by molar-refractivity contribution is 9.10. The van der Waals surface area contributed by atoms with Gasteiger partial charge < -0.3 is 10.5 Å². The summed E-state index contributed by atoms with van der Waals surface area (Å²) in [4.78, 5) is 0. The molecule has 0 unspecified atom stereocenters. The molecular weight excluding hydrogens is 302 g/mol. The van der Waals surface area contributed by atoms with Gasteiger partial charge in [0, 0.05) is 16.6 Å². The van der Waals surface area contributed by atoms with E-state index in [2.05, 4.69) is 54.0 Å². The van der Waals surface area contributed by atoms with Gasteiger partial charge in [0.2, 0.25) is 0 Å². The average Bonchev–Trinajstić information content (AvgIpc) is 2.36. The number of hydrogen-bond donors (Lipinski definition) is 1. The third kappa shape index (κ3) is 3.82. The summed E-state index contributed by atoms with van der Waals surface area (Å²) in [5, 5.41) is 0. The highest BCUT2D eigenvalue weighted by atomic mass is 79.9. The second-order valence-corrected chi connectivity index (χ2v) is 5.60. The van der Waals surface area contributed by atoms with Gasteiger partial charge in [0.25, 0.3) is 0 Å². The van der Waals surface area contributed by atoms with Crippen molar-refractivity contribution < 1.29 is 4.74 Å². The second kappa shape index (κ2) is 6.22. The van der Waals surface area contributed by atoms with Crippen LogP contribution in [-0.4, -0.2) is 0 Å². The first kappa shape index (κ1) is 14.1. The Morgan fingerprint density at radius 3 is 2.32 bits per heavy atom. The van der Waals surface area contributed by atoms with Crippen LogP contribution in [0.4, 0.5) is 0 Å². The minimum absolute atomic E-state index is 0.550. The monoisotopic (exact) mass is 319 g/mol. The molecule has 19 heavy (non-hydrogen) atoms. The molecule has 2 N–H and O–H groups in total. The number of ether oxygens (including phenoxy) is 1. The van der Waals surface area contributed by atoms with E-state index in [0.717, 1.165) is 21.3 Å². The largest absolute Gasteiger partial charge is 0.489 e. The molecule has 2 nitrogen and oxygen atoms in total. The summed E-state index contributed by atoms with van der Waals surface area (Å²) in [6.45, 7) is 5.25. The topological polar surface area (TPSA) is 35.2 Å². The molecule has 0 aliphatic carbocycles. The number of benzene rings is 2. The van der Waals surface area contributed by atoms with Crippen LogP contribution in [0.15, 0.2) is 40.9 Å². The van der Waals surface area contributed by atoms with Gasteiger partial charge in [-0.1, -0.05) is 34.1 Å². The smallest absolute Gasteiger partial charge is 0.120 e. The Balaban J connectivity index is 2.10. The van der Waals surface area contributed by atoms with Gasteiger partial charge in [-0.15, -0.1) is 0 Å². The van der Waals surface area contributed by atoms with Crippen LogP contribution >= 0.6 is 15.9 Å². The van der Waals surface area contributed by atoms with Crippen molar-refractivity contribution in [2.24, 2.45) is 5.73 Å². The average molecular weight is 320 g/mol. The lowest BCUT2D eigenvalue weighted by atomic mass is 10.1. The van der Waals surface area contributed by atoms with Gasteiger partial charge in [0.15, 0.2) is 0 Å². The Labute approximate surface area is 122 Å². The maximum Gasteiger partial charge on any atom is 0.120 e. The lowest BCUT2D eigenvalue weighted by molar-refractivity contribution is 0.305. The lowest BCUT2D eigenvalue weighted by Crippen LogP contribution is -2.00. The zero-order chi connectivity index (χ0) is 13.8. The molecule has 100 valence electrons. The Hall–Kier alpha value is -1.32. The normalized spacial score (nSPS) is 10.5. The van der Waals surface area contributed by atoms with E-state index in [1.165, 1.54) is 11.1 Å². The third-order valence-electron chi connectivity index (χ3n) is 2.94. The van der Waals surface area contributed by atoms with Gasteiger partial charge in [-0.2, -0.15) is 0 Å². The van der Waals surface area contributed by atoms with Gasteiger partial charge >= 0.3 is 0 Å². The fourth-order valence-electron chi connectivity index (χ4n) is 2.01. The Morgan fingerprint density at radius 1 is 1.05 bits per heavy atom. The number of rotatable bonds is 4. The maximum atomic E-state index is 5.85. The molecule has 0 aliphatic rings. The molecule has 3 heteroatoms. The zero-order valence-electron chi connectivity index (χ0n) is 11.2. The van der Waals surface area contributed by atoms with Crippen LogP contribution < -0.4 is 10.5 Å². The predicted molar refractivity (Wildman–Crippen MR) is 82.3 cm³/mol. The minimum Gasteiger partial charge on any atom is -0.489 e.